The molecule has 0 unspecified atom stereocenters. The first-order chi connectivity index (χ1) is 12.7. The highest BCUT2D eigenvalue weighted by Crippen LogP contribution is 2.24. The topological polar surface area (TPSA) is 112 Å². The van der Waals surface area contributed by atoms with Crippen molar-refractivity contribution in [3.8, 4) is 11.4 Å². The number of hydrogen-bond acceptors (Lipinski definition) is 7. The largest absolute Gasteiger partial charge is 0.351 e. The molecule has 0 radical (unpaired) electrons. The van der Waals surface area contributed by atoms with Crippen LogP contribution in [0.15, 0.2) is 28.8 Å². The fourth-order valence-corrected chi connectivity index (χ4v) is 3.11. The van der Waals surface area contributed by atoms with Gasteiger partial charge in [-0.25, -0.2) is 4.68 Å². The zero-order valence-electron chi connectivity index (χ0n) is 14.4. The lowest BCUT2D eigenvalue weighted by Gasteiger charge is -2.13. The molecular weight excluding hydrogens is 334 g/mol. The van der Waals surface area contributed by atoms with Gasteiger partial charge in [-0.3, -0.25) is 4.79 Å². The molecule has 0 saturated carbocycles. The summed E-state index contributed by atoms with van der Waals surface area (Å²) in [5.41, 5.74) is 1.87. The first-order valence-corrected chi connectivity index (χ1v) is 8.64. The summed E-state index contributed by atoms with van der Waals surface area (Å²) >= 11 is 0. The second-order valence-electron chi connectivity index (χ2n) is 6.36. The van der Waals surface area contributed by atoms with E-state index in [1.54, 1.807) is 11.6 Å². The molecule has 1 amide bonds. The van der Waals surface area contributed by atoms with Crippen LogP contribution in [0.1, 0.15) is 42.5 Å². The van der Waals surface area contributed by atoms with E-state index >= 15 is 0 Å². The lowest BCUT2D eigenvalue weighted by molar-refractivity contribution is -0.123. The van der Waals surface area contributed by atoms with Crippen LogP contribution in [0.5, 0.6) is 0 Å². The standard InChI is InChI=1S/C17H19N7O2/c1-11-19-15(21-26-11)13-7-5-12(6-8-13)10-18-17(25)14-4-2-3-9-24-16(14)20-22-23-24/h5-8,14H,2-4,9-10H2,1H3,(H,18,25)/t14-/m1/s1. The molecule has 1 N–H and O–H groups in total. The van der Waals surface area contributed by atoms with Crippen LogP contribution < -0.4 is 5.32 Å². The number of nitrogens with zero attached hydrogens (tertiary/aromatic N) is 6. The summed E-state index contributed by atoms with van der Waals surface area (Å²) < 4.78 is 6.73. The number of aryl methyl sites for hydroxylation is 2. The summed E-state index contributed by atoms with van der Waals surface area (Å²) in [5, 5.41) is 18.6. The van der Waals surface area contributed by atoms with Gasteiger partial charge in [0.05, 0.1) is 5.92 Å². The number of carbonyl (C=O) groups excluding carboxylic acids is 1. The molecule has 1 aliphatic rings. The maximum absolute atomic E-state index is 12.6. The van der Waals surface area contributed by atoms with Crippen molar-refractivity contribution in [2.24, 2.45) is 0 Å². The van der Waals surface area contributed by atoms with Crippen molar-refractivity contribution in [2.45, 2.75) is 45.2 Å². The Labute approximate surface area is 149 Å². The SMILES string of the molecule is Cc1nc(-c2ccc(CNC(=O)[C@@H]3CCCCn4nnnc43)cc2)no1. The average Bonchev–Trinajstić information content (AvgIpc) is 3.25. The number of tetrazole rings is 1. The van der Waals surface area contributed by atoms with Gasteiger partial charge in [0.1, 0.15) is 0 Å². The van der Waals surface area contributed by atoms with Crippen LogP contribution in [0.3, 0.4) is 0 Å². The number of fused-ring (bicyclic) bond motifs is 1. The van der Waals surface area contributed by atoms with E-state index in [0.717, 1.165) is 36.9 Å². The van der Waals surface area contributed by atoms with E-state index in [2.05, 4.69) is 31.0 Å². The molecule has 4 rings (SSSR count). The Morgan fingerprint density at radius 2 is 2.15 bits per heavy atom. The number of rotatable bonds is 4. The fraction of sp³-hybridized carbons (Fsp3) is 0.412. The van der Waals surface area contributed by atoms with Gasteiger partial charge in [0.15, 0.2) is 5.82 Å². The van der Waals surface area contributed by atoms with Gasteiger partial charge in [0, 0.05) is 25.6 Å². The third-order valence-corrected chi connectivity index (χ3v) is 4.51. The van der Waals surface area contributed by atoms with Gasteiger partial charge in [0.25, 0.3) is 0 Å². The molecule has 0 fully saturated rings. The molecule has 26 heavy (non-hydrogen) atoms. The molecule has 0 spiro atoms. The third kappa shape index (κ3) is 3.32. The van der Waals surface area contributed by atoms with E-state index in [1.165, 1.54) is 0 Å². The Morgan fingerprint density at radius 3 is 2.92 bits per heavy atom. The summed E-state index contributed by atoms with van der Waals surface area (Å²) in [6.45, 7) is 2.97. The number of benzene rings is 1. The van der Waals surface area contributed by atoms with Crippen LogP contribution in [0.25, 0.3) is 11.4 Å². The monoisotopic (exact) mass is 353 g/mol. The van der Waals surface area contributed by atoms with E-state index < -0.39 is 0 Å². The van der Waals surface area contributed by atoms with Crippen molar-refractivity contribution < 1.29 is 9.32 Å². The number of nitrogens with one attached hydrogen (secondary N) is 1. The van der Waals surface area contributed by atoms with Crippen molar-refractivity contribution in [1.82, 2.24) is 35.7 Å². The Hall–Kier alpha value is -3.10. The fourth-order valence-electron chi connectivity index (χ4n) is 3.11. The van der Waals surface area contributed by atoms with Gasteiger partial charge >= 0.3 is 0 Å². The van der Waals surface area contributed by atoms with Crippen LogP contribution in [0.4, 0.5) is 0 Å². The van der Waals surface area contributed by atoms with Crippen LogP contribution >= 0.6 is 0 Å². The Bertz CT molecular complexity index is 900. The maximum Gasteiger partial charge on any atom is 0.231 e. The number of carbonyl (C=O) groups is 1. The molecule has 3 heterocycles. The molecule has 1 aliphatic heterocycles. The van der Waals surface area contributed by atoms with Crippen molar-refractivity contribution in [2.75, 3.05) is 0 Å². The van der Waals surface area contributed by atoms with Crippen LogP contribution in [-0.4, -0.2) is 36.3 Å². The summed E-state index contributed by atoms with van der Waals surface area (Å²) in [7, 11) is 0. The van der Waals surface area contributed by atoms with Crippen molar-refractivity contribution in [3.05, 3.63) is 41.5 Å². The predicted molar refractivity (Wildman–Crippen MR) is 90.7 cm³/mol. The van der Waals surface area contributed by atoms with Gasteiger partial charge < -0.3 is 9.84 Å². The molecule has 0 bridgehead atoms. The molecule has 2 aromatic heterocycles. The summed E-state index contributed by atoms with van der Waals surface area (Å²) in [6, 6.07) is 7.72. The summed E-state index contributed by atoms with van der Waals surface area (Å²) in [4.78, 5) is 16.8. The van der Waals surface area contributed by atoms with Crippen LogP contribution in [-0.2, 0) is 17.9 Å². The van der Waals surface area contributed by atoms with Gasteiger partial charge in [-0.15, -0.1) is 5.10 Å². The van der Waals surface area contributed by atoms with Gasteiger partial charge in [-0.05, 0) is 28.8 Å². The summed E-state index contributed by atoms with van der Waals surface area (Å²) in [6.07, 6.45) is 2.73. The van der Waals surface area contributed by atoms with Crippen LogP contribution in [0.2, 0.25) is 0 Å². The molecule has 3 aromatic rings. The Balaban J connectivity index is 1.40. The zero-order valence-corrected chi connectivity index (χ0v) is 14.4. The number of amides is 1. The highest BCUT2D eigenvalue weighted by molar-refractivity contribution is 5.82. The van der Waals surface area contributed by atoms with E-state index in [9.17, 15) is 4.79 Å². The van der Waals surface area contributed by atoms with E-state index in [4.69, 9.17) is 4.52 Å². The highest BCUT2D eigenvalue weighted by atomic mass is 16.5. The summed E-state index contributed by atoms with van der Waals surface area (Å²) in [5.74, 6) is 1.41. The minimum absolute atomic E-state index is 0.0409. The second-order valence-corrected chi connectivity index (χ2v) is 6.36. The molecule has 1 atom stereocenters. The molecule has 0 aliphatic carbocycles. The lowest BCUT2D eigenvalue weighted by Crippen LogP contribution is -2.30. The smallest absolute Gasteiger partial charge is 0.231 e. The Kier molecular flexibility index (Phi) is 4.42. The van der Waals surface area contributed by atoms with Crippen molar-refractivity contribution in [1.29, 1.82) is 0 Å². The minimum Gasteiger partial charge on any atom is -0.351 e. The quantitative estimate of drug-likeness (QED) is 0.758. The van der Waals surface area contributed by atoms with Crippen molar-refractivity contribution in [3.63, 3.8) is 0 Å². The van der Waals surface area contributed by atoms with Crippen molar-refractivity contribution >= 4 is 5.91 Å². The van der Waals surface area contributed by atoms with E-state index in [0.29, 0.717) is 24.1 Å². The second kappa shape index (κ2) is 7.03. The molecule has 9 nitrogen and oxygen atoms in total. The molecule has 134 valence electrons. The van der Waals surface area contributed by atoms with Gasteiger partial charge in [-0.1, -0.05) is 35.8 Å². The molecule has 0 saturated heterocycles. The maximum atomic E-state index is 12.6. The zero-order chi connectivity index (χ0) is 17.9. The first kappa shape index (κ1) is 16.4. The first-order valence-electron chi connectivity index (χ1n) is 8.64. The van der Waals surface area contributed by atoms with Gasteiger partial charge in [-0.2, -0.15) is 4.98 Å². The highest BCUT2D eigenvalue weighted by Gasteiger charge is 2.28. The molecule has 9 heteroatoms. The lowest BCUT2D eigenvalue weighted by atomic mass is 10.0. The number of aromatic nitrogens is 6. The minimum atomic E-state index is -0.297. The van der Waals surface area contributed by atoms with E-state index in [1.807, 2.05) is 24.3 Å². The predicted octanol–water partition coefficient (Wildman–Crippen LogP) is 1.62. The third-order valence-electron chi connectivity index (χ3n) is 4.51. The normalized spacial score (nSPS) is 16.7. The van der Waals surface area contributed by atoms with Crippen LogP contribution in [0, 0.1) is 6.92 Å². The molecular formula is C17H19N7O2. The number of hydrogen-bond donors (Lipinski definition) is 1. The average molecular weight is 353 g/mol. The van der Waals surface area contributed by atoms with E-state index in [-0.39, 0.29) is 11.8 Å². The van der Waals surface area contributed by atoms with Gasteiger partial charge in [0.2, 0.25) is 17.6 Å². The Morgan fingerprint density at radius 1 is 1.31 bits per heavy atom. The molecule has 1 aromatic carbocycles.